The first-order valence-electron chi connectivity index (χ1n) is 7.26. The minimum atomic E-state index is 0. The van der Waals surface area contributed by atoms with Gasteiger partial charge in [0.05, 0.1) is 0 Å². The summed E-state index contributed by atoms with van der Waals surface area (Å²) in [6.45, 7) is 10.2. The first kappa shape index (κ1) is 19.6. The van der Waals surface area contributed by atoms with Crippen LogP contribution in [0.2, 0.25) is 0 Å². The largest absolute Gasteiger partial charge is 0.330 e. The first-order chi connectivity index (χ1) is 7.56. The summed E-state index contributed by atoms with van der Waals surface area (Å²) >= 11 is 0. The van der Waals surface area contributed by atoms with E-state index in [1.54, 1.807) is 0 Å². The predicted molar refractivity (Wildman–Crippen MR) is 81.8 cm³/mol. The Hall–Kier alpha value is 0.250. The second-order valence-electron chi connectivity index (χ2n) is 6.04. The molecule has 0 saturated heterocycles. The Morgan fingerprint density at radius 1 is 0.706 bits per heavy atom. The molecule has 0 fully saturated rings. The molecule has 0 radical (unpaired) electrons. The third-order valence-electron chi connectivity index (χ3n) is 3.53. The van der Waals surface area contributed by atoms with Crippen molar-refractivity contribution in [1.82, 2.24) is 0 Å². The van der Waals surface area contributed by atoms with Gasteiger partial charge in [-0.05, 0) is 30.7 Å². The van der Waals surface area contributed by atoms with E-state index in [-0.39, 0.29) is 12.4 Å². The van der Waals surface area contributed by atoms with Crippen molar-refractivity contribution in [2.75, 3.05) is 6.54 Å². The maximum atomic E-state index is 5.55. The molecule has 0 rings (SSSR count). The Morgan fingerprint density at radius 3 is 1.53 bits per heavy atom. The van der Waals surface area contributed by atoms with E-state index in [1.807, 2.05) is 0 Å². The molecule has 2 N–H and O–H groups in total. The highest BCUT2D eigenvalue weighted by Crippen LogP contribution is 2.19. The van der Waals surface area contributed by atoms with Crippen molar-refractivity contribution in [3.63, 3.8) is 0 Å². The fourth-order valence-corrected chi connectivity index (χ4v) is 2.26. The third-order valence-corrected chi connectivity index (χ3v) is 3.53. The van der Waals surface area contributed by atoms with Crippen LogP contribution in [-0.2, 0) is 0 Å². The van der Waals surface area contributed by atoms with E-state index in [0.717, 1.165) is 24.3 Å². The summed E-state index contributed by atoms with van der Waals surface area (Å²) in [6.07, 6.45) is 9.60. The van der Waals surface area contributed by atoms with Crippen LogP contribution >= 0.6 is 12.4 Å². The Morgan fingerprint density at radius 2 is 1.12 bits per heavy atom. The Bertz CT molecular complexity index is 148. The van der Waals surface area contributed by atoms with Crippen LogP contribution in [0.25, 0.3) is 0 Å². The highest BCUT2D eigenvalue weighted by atomic mass is 35.5. The van der Waals surface area contributed by atoms with E-state index in [0.29, 0.717) is 0 Å². The first-order valence-corrected chi connectivity index (χ1v) is 7.26. The molecule has 0 aromatic heterocycles. The van der Waals surface area contributed by atoms with Crippen LogP contribution in [-0.4, -0.2) is 6.54 Å². The van der Waals surface area contributed by atoms with Gasteiger partial charge in [0.1, 0.15) is 0 Å². The van der Waals surface area contributed by atoms with Gasteiger partial charge in [0.2, 0.25) is 0 Å². The Labute approximate surface area is 115 Å². The number of nitrogens with two attached hydrogens (primary N) is 1. The summed E-state index contributed by atoms with van der Waals surface area (Å²) in [5.74, 6) is 2.62. The summed E-state index contributed by atoms with van der Waals surface area (Å²) in [6, 6.07) is 0. The van der Waals surface area contributed by atoms with Crippen molar-refractivity contribution in [3.05, 3.63) is 0 Å². The summed E-state index contributed by atoms with van der Waals surface area (Å²) in [5.41, 5.74) is 5.55. The molecule has 0 saturated carbocycles. The van der Waals surface area contributed by atoms with Crippen LogP contribution < -0.4 is 5.73 Å². The van der Waals surface area contributed by atoms with Gasteiger partial charge >= 0.3 is 0 Å². The minimum absolute atomic E-state index is 0. The van der Waals surface area contributed by atoms with E-state index in [2.05, 4.69) is 27.7 Å². The lowest BCUT2D eigenvalue weighted by Crippen LogP contribution is -2.06. The molecule has 106 valence electrons. The summed E-state index contributed by atoms with van der Waals surface area (Å²) < 4.78 is 0. The number of hydrogen-bond acceptors (Lipinski definition) is 1. The van der Waals surface area contributed by atoms with Gasteiger partial charge in [0.15, 0.2) is 0 Å². The maximum Gasteiger partial charge on any atom is -0.00747 e. The summed E-state index contributed by atoms with van der Waals surface area (Å²) in [4.78, 5) is 0. The van der Waals surface area contributed by atoms with Gasteiger partial charge in [0, 0.05) is 0 Å². The topological polar surface area (TPSA) is 26.0 Å². The molecule has 2 unspecified atom stereocenters. The van der Waals surface area contributed by atoms with Crippen LogP contribution in [0.1, 0.15) is 72.6 Å². The van der Waals surface area contributed by atoms with Crippen LogP contribution in [0, 0.1) is 17.8 Å². The summed E-state index contributed by atoms with van der Waals surface area (Å²) in [5, 5.41) is 0. The fraction of sp³-hybridized carbons (Fsp3) is 1.00. The molecule has 0 aliphatic rings. The van der Waals surface area contributed by atoms with Crippen molar-refractivity contribution in [3.8, 4) is 0 Å². The second kappa shape index (κ2) is 12.7. The maximum absolute atomic E-state index is 5.55. The monoisotopic (exact) mass is 263 g/mol. The highest BCUT2D eigenvalue weighted by Gasteiger charge is 2.05. The molecule has 0 aliphatic heterocycles. The van der Waals surface area contributed by atoms with Crippen LogP contribution in [0.5, 0.6) is 0 Å². The van der Waals surface area contributed by atoms with Crippen molar-refractivity contribution in [1.29, 1.82) is 0 Å². The molecule has 2 atom stereocenters. The summed E-state index contributed by atoms with van der Waals surface area (Å²) in [7, 11) is 0. The van der Waals surface area contributed by atoms with Gasteiger partial charge in [-0.25, -0.2) is 0 Å². The molecule has 17 heavy (non-hydrogen) atoms. The van der Waals surface area contributed by atoms with Crippen molar-refractivity contribution >= 4 is 12.4 Å². The zero-order chi connectivity index (χ0) is 12.4. The van der Waals surface area contributed by atoms with Crippen LogP contribution in [0.4, 0.5) is 0 Å². The normalized spacial score (nSPS) is 14.5. The molecule has 2 heteroatoms. The van der Waals surface area contributed by atoms with E-state index in [1.165, 1.54) is 44.9 Å². The van der Waals surface area contributed by atoms with Gasteiger partial charge in [0.25, 0.3) is 0 Å². The van der Waals surface area contributed by atoms with E-state index in [4.69, 9.17) is 5.73 Å². The van der Waals surface area contributed by atoms with Crippen molar-refractivity contribution in [2.45, 2.75) is 72.6 Å². The number of halogens is 1. The molecule has 0 bridgehead atoms. The zero-order valence-electron chi connectivity index (χ0n) is 12.4. The van der Waals surface area contributed by atoms with E-state index >= 15 is 0 Å². The van der Waals surface area contributed by atoms with Gasteiger partial charge in [-0.3, -0.25) is 0 Å². The van der Waals surface area contributed by atoms with Crippen LogP contribution in [0.15, 0.2) is 0 Å². The molecule has 0 spiro atoms. The lowest BCUT2D eigenvalue weighted by atomic mass is 9.93. The molecule has 0 aromatic carbocycles. The molecule has 0 aromatic rings. The molecular weight excluding hydrogens is 230 g/mol. The average Bonchev–Trinajstić information content (AvgIpc) is 2.17. The zero-order valence-corrected chi connectivity index (χ0v) is 13.2. The minimum Gasteiger partial charge on any atom is -0.330 e. The fourth-order valence-electron chi connectivity index (χ4n) is 2.26. The SMILES string of the molecule is CC(C)CCCC(C)CCCC(C)CCN.Cl. The number of rotatable bonds is 10. The molecular formula is C15H34ClN. The predicted octanol–water partition coefficient (Wildman–Crippen LogP) is 5.03. The molecule has 1 nitrogen and oxygen atoms in total. The van der Waals surface area contributed by atoms with E-state index in [9.17, 15) is 0 Å². The quantitative estimate of drug-likeness (QED) is 0.588. The van der Waals surface area contributed by atoms with Gasteiger partial charge in [-0.15, -0.1) is 12.4 Å². The Balaban J connectivity index is 0. The molecule has 0 heterocycles. The van der Waals surface area contributed by atoms with Gasteiger partial charge in [-0.2, -0.15) is 0 Å². The second-order valence-corrected chi connectivity index (χ2v) is 6.04. The lowest BCUT2D eigenvalue weighted by Gasteiger charge is -2.14. The third kappa shape index (κ3) is 14.2. The van der Waals surface area contributed by atoms with Gasteiger partial charge < -0.3 is 5.73 Å². The standard InChI is InChI=1S/C15H33N.ClH/c1-13(2)7-5-8-14(3)9-6-10-15(4)11-12-16;/h13-15H,5-12,16H2,1-4H3;1H. The lowest BCUT2D eigenvalue weighted by molar-refractivity contribution is 0.394. The molecule has 0 amide bonds. The van der Waals surface area contributed by atoms with Crippen molar-refractivity contribution in [2.24, 2.45) is 23.5 Å². The van der Waals surface area contributed by atoms with E-state index < -0.39 is 0 Å². The van der Waals surface area contributed by atoms with Gasteiger partial charge in [-0.1, -0.05) is 66.2 Å². The van der Waals surface area contributed by atoms with Crippen LogP contribution in [0.3, 0.4) is 0 Å². The smallest absolute Gasteiger partial charge is 0.00747 e. The van der Waals surface area contributed by atoms with Crippen molar-refractivity contribution < 1.29 is 0 Å². The molecule has 0 aliphatic carbocycles. The number of hydrogen-bond donors (Lipinski definition) is 1. The highest BCUT2D eigenvalue weighted by molar-refractivity contribution is 5.85. The Kier molecular flexibility index (Phi) is 14.6. The average molecular weight is 264 g/mol.